The molecule has 2 amide bonds. The smallest absolute Gasteiger partial charge is 0.228 e. The van der Waals surface area contributed by atoms with E-state index in [0.29, 0.717) is 5.41 Å². The van der Waals surface area contributed by atoms with Crippen LogP contribution in [-0.2, 0) is 9.59 Å². The van der Waals surface area contributed by atoms with Crippen molar-refractivity contribution >= 4 is 17.5 Å². The lowest BCUT2D eigenvalue weighted by Crippen LogP contribution is -2.46. The molecule has 1 N–H and O–H groups in total. The quantitative estimate of drug-likeness (QED) is 0.880. The van der Waals surface area contributed by atoms with Gasteiger partial charge in [-0.25, -0.2) is 4.39 Å². The van der Waals surface area contributed by atoms with Crippen LogP contribution in [0.2, 0.25) is 0 Å². The Kier molecular flexibility index (Phi) is 4.47. The van der Waals surface area contributed by atoms with Crippen LogP contribution in [0.15, 0.2) is 18.2 Å². The molecule has 0 aliphatic carbocycles. The van der Waals surface area contributed by atoms with E-state index in [1.54, 1.807) is 12.1 Å². The summed E-state index contributed by atoms with van der Waals surface area (Å²) < 4.78 is 14.2. The minimum Gasteiger partial charge on any atom is -0.342 e. The molecule has 1 spiro atoms. The zero-order valence-electron chi connectivity index (χ0n) is 15.3. The Morgan fingerprint density at radius 3 is 2.69 bits per heavy atom. The first-order chi connectivity index (χ1) is 12.5. The molecule has 1 aromatic rings. The zero-order valence-corrected chi connectivity index (χ0v) is 15.3. The van der Waals surface area contributed by atoms with Gasteiger partial charge in [-0.05, 0) is 55.8 Å². The van der Waals surface area contributed by atoms with Crippen molar-refractivity contribution in [1.82, 2.24) is 10.2 Å². The molecule has 3 saturated heterocycles. The number of amides is 2. The molecule has 0 bridgehead atoms. The van der Waals surface area contributed by atoms with Crippen molar-refractivity contribution < 1.29 is 14.0 Å². The first-order valence-corrected chi connectivity index (χ1v) is 9.53. The van der Waals surface area contributed by atoms with Gasteiger partial charge in [0.15, 0.2) is 0 Å². The average molecular weight is 359 g/mol. The van der Waals surface area contributed by atoms with Crippen molar-refractivity contribution in [2.24, 2.45) is 11.3 Å². The summed E-state index contributed by atoms with van der Waals surface area (Å²) in [6, 6.07) is 4.85. The van der Waals surface area contributed by atoms with E-state index < -0.39 is 5.82 Å². The lowest BCUT2D eigenvalue weighted by Gasteiger charge is -2.39. The van der Waals surface area contributed by atoms with Gasteiger partial charge < -0.3 is 15.1 Å². The highest BCUT2D eigenvalue weighted by Gasteiger charge is 2.42. The molecule has 6 heteroatoms. The third-order valence-corrected chi connectivity index (χ3v) is 6.34. The lowest BCUT2D eigenvalue weighted by atomic mass is 9.77. The zero-order chi connectivity index (χ0) is 18.3. The molecule has 3 fully saturated rings. The second kappa shape index (κ2) is 6.65. The van der Waals surface area contributed by atoms with Crippen molar-refractivity contribution in [3.8, 4) is 0 Å². The van der Waals surface area contributed by atoms with Crippen LogP contribution < -0.4 is 10.2 Å². The van der Waals surface area contributed by atoms with Crippen LogP contribution in [0, 0.1) is 24.1 Å². The Labute approximate surface area is 153 Å². The third kappa shape index (κ3) is 3.11. The number of carbonyl (C=O) groups is 2. The molecule has 0 saturated carbocycles. The van der Waals surface area contributed by atoms with E-state index in [-0.39, 0.29) is 36.4 Å². The molecule has 1 atom stereocenters. The molecular weight excluding hydrogens is 333 g/mol. The van der Waals surface area contributed by atoms with Crippen molar-refractivity contribution in [3.63, 3.8) is 0 Å². The van der Waals surface area contributed by atoms with Crippen LogP contribution in [0.25, 0.3) is 0 Å². The van der Waals surface area contributed by atoms with Gasteiger partial charge in [0.25, 0.3) is 0 Å². The average Bonchev–Trinajstić information content (AvgIpc) is 3.22. The third-order valence-electron chi connectivity index (χ3n) is 6.34. The molecule has 0 radical (unpaired) electrons. The van der Waals surface area contributed by atoms with Gasteiger partial charge in [0.1, 0.15) is 5.82 Å². The predicted molar refractivity (Wildman–Crippen MR) is 97.3 cm³/mol. The van der Waals surface area contributed by atoms with Crippen LogP contribution in [-0.4, -0.2) is 49.4 Å². The number of nitrogens with one attached hydrogen (secondary N) is 1. The summed E-state index contributed by atoms with van der Waals surface area (Å²) in [6.45, 7) is 5.75. The summed E-state index contributed by atoms with van der Waals surface area (Å²) in [6.07, 6.45) is 3.43. The molecule has 3 aliphatic heterocycles. The number of aryl methyl sites for hydroxylation is 1. The number of piperidine rings is 1. The standard InChI is InChI=1S/C20H26FN3O2/c1-14-2-3-17(16(21)10-14)24-12-15(11-18(24)25)19(26)23-8-5-20(6-9-23)4-7-22-13-20/h2-3,10,15,22H,4-9,11-13H2,1H3. The highest BCUT2D eigenvalue weighted by molar-refractivity contribution is 6.00. The van der Waals surface area contributed by atoms with E-state index in [0.717, 1.165) is 44.6 Å². The van der Waals surface area contributed by atoms with Gasteiger partial charge in [0, 0.05) is 32.6 Å². The Morgan fingerprint density at radius 1 is 1.27 bits per heavy atom. The monoisotopic (exact) mass is 359 g/mol. The Bertz CT molecular complexity index is 720. The number of hydrogen-bond acceptors (Lipinski definition) is 3. The molecule has 1 unspecified atom stereocenters. The molecule has 0 aromatic heterocycles. The maximum atomic E-state index is 14.2. The number of carbonyl (C=O) groups excluding carboxylic acids is 2. The number of nitrogens with zero attached hydrogens (tertiary/aromatic N) is 2. The highest BCUT2D eigenvalue weighted by Crippen LogP contribution is 2.38. The van der Waals surface area contributed by atoms with Crippen molar-refractivity contribution in [1.29, 1.82) is 0 Å². The van der Waals surface area contributed by atoms with Crippen LogP contribution in [0.4, 0.5) is 10.1 Å². The normalized spacial score (nSPS) is 25.3. The van der Waals surface area contributed by atoms with E-state index in [2.05, 4.69) is 5.32 Å². The topological polar surface area (TPSA) is 52.7 Å². The molecule has 1 aromatic carbocycles. The number of benzene rings is 1. The largest absolute Gasteiger partial charge is 0.342 e. The van der Waals surface area contributed by atoms with Crippen LogP contribution in [0.1, 0.15) is 31.2 Å². The fraction of sp³-hybridized carbons (Fsp3) is 0.600. The minimum atomic E-state index is -0.403. The van der Waals surface area contributed by atoms with E-state index in [1.807, 2.05) is 11.8 Å². The maximum absolute atomic E-state index is 14.2. The van der Waals surface area contributed by atoms with Gasteiger partial charge >= 0.3 is 0 Å². The fourth-order valence-corrected chi connectivity index (χ4v) is 4.62. The summed E-state index contributed by atoms with van der Waals surface area (Å²) in [5.74, 6) is -0.882. The summed E-state index contributed by atoms with van der Waals surface area (Å²) in [4.78, 5) is 28.6. The van der Waals surface area contributed by atoms with Crippen molar-refractivity contribution in [2.75, 3.05) is 37.6 Å². The van der Waals surface area contributed by atoms with Crippen LogP contribution in [0.3, 0.4) is 0 Å². The second-order valence-corrected chi connectivity index (χ2v) is 8.11. The van der Waals surface area contributed by atoms with Crippen molar-refractivity contribution in [3.05, 3.63) is 29.6 Å². The maximum Gasteiger partial charge on any atom is 0.228 e. The first kappa shape index (κ1) is 17.5. The Hall–Kier alpha value is -1.95. The van der Waals surface area contributed by atoms with E-state index in [4.69, 9.17) is 0 Å². The first-order valence-electron chi connectivity index (χ1n) is 9.53. The van der Waals surface area contributed by atoms with E-state index in [9.17, 15) is 14.0 Å². The number of rotatable bonds is 2. The predicted octanol–water partition coefficient (Wildman–Crippen LogP) is 2.09. The van der Waals surface area contributed by atoms with Gasteiger partial charge in [-0.2, -0.15) is 0 Å². The molecule has 4 rings (SSSR count). The number of halogens is 1. The number of anilines is 1. The lowest BCUT2D eigenvalue weighted by molar-refractivity contribution is -0.137. The number of hydrogen-bond donors (Lipinski definition) is 1. The van der Waals surface area contributed by atoms with E-state index >= 15 is 0 Å². The van der Waals surface area contributed by atoms with Gasteiger partial charge in [-0.1, -0.05) is 6.07 Å². The summed E-state index contributed by atoms with van der Waals surface area (Å²) in [5.41, 5.74) is 1.46. The molecular formula is C20H26FN3O2. The van der Waals surface area contributed by atoms with E-state index in [1.165, 1.54) is 17.4 Å². The summed E-state index contributed by atoms with van der Waals surface area (Å²) in [7, 11) is 0. The van der Waals surface area contributed by atoms with Gasteiger partial charge in [-0.3, -0.25) is 9.59 Å². The second-order valence-electron chi connectivity index (χ2n) is 8.11. The SMILES string of the molecule is Cc1ccc(N2CC(C(=O)N3CCC4(CCNC4)CC3)CC2=O)c(F)c1. The van der Waals surface area contributed by atoms with Gasteiger partial charge in [0.05, 0.1) is 11.6 Å². The Morgan fingerprint density at radius 2 is 2.04 bits per heavy atom. The fourth-order valence-electron chi connectivity index (χ4n) is 4.62. The van der Waals surface area contributed by atoms with Crippen LogP contribution >= 0.6 is 0 Å². The molecule has 3 aliphatic rings. The summed E-state index contributed by atoms with van der Waals surface area (Å²) in [5, 5.41) is 3.43. The Balaban J connectivity index is 1.41. The number of likely N-dealkylation sites (tertiary alicyclic amines) is 1. The minimum absolute atomic E-state index is 0.0502. The highest BCUT2D eigenvalue weighted by atomic mass is 19.1. The molecule has 3 heterocycles. The van der Waals surface area contributed by atoms with Gasteiger partial charge in [0.2, 0.25) is 11.8 Å². The van der Waals surface area contributed by atoms with Crippen LogP contribution in [0.5, 0.6) is 0 Å². The van der Waals surface area contributed by atoms with Gasteiger partial charge in [-0.15, -0.1) is 0 Å². The molecule has 5 nitrogen and oxygen atoms in total. The molecule has 140 valence electrons. The summed E-state index contributed by atoms with van der Waals surface area (Å²) >= 11 is 0. The molecule has 26 heavy (non-hydrogen) atoms. The van der Waals surface area contributed by atoms with Crippen molar-refractivity contribution in [2.45, 2.75) is 32.6 Å².